The van der Waals surface area contributed by atoms with Gasteiger partial charge in [-0.2, -0.15) is 0 Å². The average molecular weight is 231 g/mol. The summed E-state index contributed by atoms with van der Waals surface area (Å²) in [6, 6.07) is 0.500. The van der Waals surface area contributed by atoms with E-state index in [0.29, 0.717) is 16.1 Å². The number of nitrogens with zero attached hydrogens (tertiary/aromatic N) is 1. The van der Waals surface area contributed by atoms with Crippen molar-refractivity contribution in [3.63, 3.8) is 0 Å². The van der Waals surface area contributed by atoms with Crippen LogP contribution < -0.4 is 5.32 Å². The number of aromatic amines is 1. The van der Waals surface area contributed by atoms with Crippen molar-refractivity contribution in [2.75, 3.05) is 11.9 Å². The van der Waals surface area contributed by atoms with Gasteiger partial charge in [0.05, 0.1) is 6.10 Å². The summed E-state index contributed by atoms with van der Waals surface area (Å²) >= 11 is 6.42. The third-order valence-corrected chi connectivity index (χ3v) is 3.28. The molecular weight excluding hydrogens is 218 g/mol. The van der Waals surface area contributed by atoms with E-state index in [0.717, 1.165) is 24.6 Å². The number of rotatable bonds is 4. The fourth-order valence-corrected chi connectivity index (χ4v) is 2.39. The highest BCUT2D eigenvalue weighted by atomic mass is 32.1. The van der Waals surface area contributed by atoms with E-state index in [1.54, 1.807) is 0 Å². The third kappa shape index (κ3) is 2.31. The van der Waals surface area contributed by atoms with Crippen molar-refractivity contribution in [2.24, 2.45) is 0 Å². The van der Waals surface area contributed by atoms with Gasteiger partial charge < -0.3 is 10.1 Å². The Balaban J connectivity index is 1.76. The zero-order valence-corrected chi connectivity index (χ0v) is 9.58. The molecule has 0 aromatic carbocycles. The van der Waals surface area contributed by atoms with Crippen LogP contribution in [0.2, 0.25) is 0 Å². The Labute approximate surface area is 91.7 Å². The van der Waals surface area contributed by atoms with Gasteiger partial charge in [0.1, 0.15) is 0 Å². The van der Waals surface area contributed by atoms with Crippen molar-refractivity contribution in [1.82, 2.24) is 10.2 Å². The largest absolute Gasteiger partial charge is 0.378 e. The minimum absolute atomic E-state index is 0.435. The maximum atomic E-state index is 5.47. The molecular formula is C8H13N3OS2. The molecule has 1 saturated carbocycles. The molecule has 0 atom stereocenters. The summed E-state index contributed by atoms with van der Waals surface area (Å²) in [5.41, 5.74) is 0. The molecule has 2 rings (SSSR count). The molecule has 0 aliphatic heterocycles. The monoisotopic (exact) mass is 231 g/mol. The van der Waals surface area contributed by atoms with Gasteiger partial charge in [-0.05, 0) is 32.0 Å². The maximum Gasteiger partial charge on any atom is 0.204 e. The van der Waals surface area contributed by atoms with Crippen LogP contribution in [-0.2, 0) is 4.74 Å². The number of nitrogens with one attached hydrogen (secondary N) is 2. The molecule has 1 aromatic heterocycles. The normalized spacial score (nSPS) is 25.8. The average Bonchev–Trinajstić information content (AvgIpc) is 2.48. The molecule has 1 heterocycles. The Morgan fingerprint density at radius 3 is 3.07 bits per heavy atom. The Hall–Kier alpha value is -0.460. The van der Waals surface area contributed by atoms with Crippen LogP contribution in [0.25, 0.3) is 0 Å². The molecule has 6 heteroatoms. The molecule has 4 nitrogen and oxygen atoms in total. The first-order valence-electron chi connectivity index (χ1n) is 4.71. The molecule has 0 unspecified atom stereocenters. The second kappa shape index (κ2) is 4.37. The van der Waals surface area contributed by atoms with Gasteiger partial charge >= 0.3 is 0 Å². The first-order chi connectivity index (χ1) is 6.78. The summed E-state index contributed by atoms with van der Waals surface area (Å²) in [5, 5.41) is 11.0. The molecule has 0 amide bonds. The molecule has 0 radical (unpaired) electrons. The summed E-state index contributed by atoms with van der Waals surface area (Å²) in [4.78, 5) is 0. The Kier molecular flexibility index (Phi) is 3.15. The fraction of sp³-hybridized carbons (Fsp3) is 0.750. The molecule has 0 saturated heterocycles. The second-order valence-corrected chi connectivity index (χ2v) is 4.97. The van der Waals surface area contributed by atoms with Gasteiger partial charge in [0.15, 0.2) is 3.95 Å². The molecule has 2 N–H and O–H groups in total. The minimum atomic E-state index is 0.435. The smallest absolute Gasteiger partial charge is 0.204 e. The molecule has 1 aromatic rings. The Morgan fingerprint density at radius 2 is 2.50 bits per heavy atom. The fourth-order valence-electron chi connectivity index (χ4n) is 1.52. The SMILES string of the molecule is CCOC1CC(Nc2n[nH]c(=S)s2)C1. The summed E-state index contributed by atoms with van der Waals surface area (Å²) < 4.78 is 6.18. The van der Waals surface area contributed by atoms with E-state index in [4.69, 9.17) is 17.0 Å². The summed E-state index contributed by atoms with van der Waals surface area (Å²) in [7, 11) is 0. The standard InChI is InChI=1S/C8H13N3OS2/c1-2-12-6-3-5(4-6)9-7-10-11-8(13)14-7/h5-6H,2-4H2,1H3,(H,9,10)(H,11,13). The lowest BCUT2D eigenvalue weighted by molar-refractivity contribution is 0.00298. The predicted octanol–water partition coefficient (Wildman–Crippen LogP) is 2.18. The molecule has 14 heavy (non-hydrogen) atoms. The van der Waals surface area contributed by atoms with Gasteiger partial charge in [-0.25, -0.2) is 0 Å². The molecule has 0 bridgehead atoms. The Bertz CT molecular complexity index is 342. The lowest BCUT2D eigenvalue weighted by Gasteiger charge is -2.35. The summed E-state index contributed by atoms with van der Waals surface area (Å²) in [6.45, 7) is 2.83. The van der Waals surface area contributed by atoms with Crippen molar-refractivity contribution in [3.05, 3.63) is 3.95 Å². The molecule has 1 fully saturated rings. The van der Waals surface area contributed by atoms with Crippen LogP contribution in [-0.4, -0.2) is 29.0 Å². The van der Waals surface area contributed by atoms with E-state index in [1.807, 2.05) is 6.92 Å². The predicted molar refractivity (Wildman–Crippen MR) is 59.4 cm³/mol. The van der Waals surface area contributed by atoms with Crippen molar-refractivity contribution < 1.29 is 4.74 Å². The van der Waals surface area contributed by atoms with Crippen LogP contribution >= 0.6 is 23.6 Å². The Morgan fingerprint density at radius 1 is 1.71 bits per heavy atom. The van der Waals surface area contributed by atoms with Crippen molar-refractivity contribution in [2.45, 2.75) is 31.9 Å². The van der Waals surface area contributed by atoms with E-state index in [-0.39, 0.29) is 0 Å². The highest BCUT2D eigenvalue weighted by molar-refractivity contribution is 7.73. The molecule has 1 aliphatic rings. The molecule has 78 valence electrons. The quantitative estimate of drug-likeness (QED) is 0.780. The van der Waals surface area contributed by atoms with Gasteiger partial charge in [0, 0.05) is 12.6 Å². The van der Waals surface area contributed by atoms with Crippen LogP contribution in [0, 0.1) is 3.95 Å². The number of hydrogen-bond donors (Lipinski definition) is 2. The van der Waals surface area contributed by atoms with Crippen molar-refractivity contribution in [3.8, 4) is 0 Å². The van der Waals surface area contributed by atoms with E-state index in [2.05, 4.69) is 15.5 Å². The van der Waals surface area contributed by atoms with Gasteiger partial charge in [0.2, 0.25) is 5.13 Å². The van der Waals surface area contributed by atoms with Gasteiger partial charge in [-0.3, -0.25) is 5.10 Å². The third-order valence-electron chi connectivity index (χ3n) is 2.26. The number of hydrogen-bond acceptors (Lipinski definition) is 5. The number of aromatic nitrogens is 2. The maximum absolute atomic E-state index is 5.47. The summed E-state index contributed by atoms with van der Waals surface area (Å²) in [5.74, 6) is 0. The van der Waals surface area contributed by atoms with E-state index in [9.17, 15) is 0 Å². The van der Waals surface area contributed by atoms with Crippen LogP contribution in [0.1, 0.15) is 19.8 Å². The highest BCUT2D eigenvalue weighted by Crippen LogP contribution is 2.27. The first kappa shape index (κ1) is 10.1. The van der Waals surface area contributed by atoms with E-state index < -0.39 is 0 Å². The topological polar surface area (TPSA) is 49.9 Å². The number of H-pyrrole nitrogens is 1. The number of anilines is 1. The second-order valence-electron chi connectivity index (χ2n) is 3.31. The first-order valence-corrected chi connectivity index (χ1v) is 5.94. The molecule has 1 aliphatic carbocycles. The molecule has 0 spiro atoms. The zero-order chi connectivity index (χ0) is 9.97. The van der Waals surface area contributed by atoms with Gasteiger partial charge in [0.25, 0.3) is 0 Å². The lowest BCUT2D eigenvalue weighted by Crippen LogP contribution is -2.40. The van der Waals surface area contributed by atoms with Gasteiger partial charge in [-0.15, -0.1) is 5.10 Å². The van der Waals surface area contributed by atoms with Gasteiger partial charge in [-0.1, -0.05) is 11.3 Å². The zero-order valence-electron chi connectivity index (χ0n) is 7.95. The van der Waals surface area contributed by atoms with E-state index >= 15 is 0 Å². The van der Waals surface area contributed by atoms with Crippen LogP contribution in [0.15, 0.2) is 0 Å². The number of ether oxygens (including phenoxy) is 1. The van der Waals surface area contributed by atoms with Crippen molar-refractivity contribution >= 4 is 28.7 Å². The minimum Gasteiger partial charge on any atom is -0.378 e. The van der Waals surface area contributed by atoms with Crippen LogP contribution in [0.3, 0.4) is 0 Å². The lowest BCUT2D eigenvalue weighted by atomic mass is 9.89. The highest BCUT2D eigenvalue weighted by Gasteiger charge is 2.29. The summed E-state index contributed by atoms with van der Waals surface area (Å²) in [6.07, 6.45) is 2.57. The van der Waals surface area contributed by atoms with Crippen LogP contribution in [0.4, 0.5) is 5.13 Å². The van der Waals surface area contributed by atoms with Crippen molar-refractivity contribution in [1.29, 1.82) is 0 Å². The van der Waals surface area contributed by atoms with Crippen LogP contribution in [0.5, 0.6) is 0 Å². The van der Waals surface area contributed by atoms with E-state index in [1.165, 1.54) is 11.3 Å².